The van der Waals surface area contributed by atoms with Gasteiger partial charge in [-0.25, -0.2) is 4.79 Å². The lowest BCUT2D eigenvalue weighted by molar-refractivity contribution is -0.136. The number of aliphatic carboxylic acids is 1. The molecule has 0 atom stereocenters. The molecule has 0 saturated heterocycles. The van der Waals surface area contributed by atoms with Crippen molar-refractivity contribution >= 4 is 17.6 Å². The summed E-state index contributed by atoms with van der Waals surface area (Å²) in [4.78, 5) is 52.6. The molecule has 0 bridgehead atoms. The van der Waals surface area contributed by atoms with Crippen molar-refractivity contribution in [2.75, 3.05) is 5.32 Å². The first-order valence-electron chi connectivity index (χ1n) is 5.76. The first kappa shape index (κ1) is 14.2. The van der Waals surface area contributed by atoms with Crippen molar-refractivity contribution in [3.63, 3.8) is 0 Å². The third kappa shape index (κ3) is 3.62. The van der Waals surface area contributed by atoms with Gasteiger partial charge in [0.1, 0.15) is 5.56 Å². The standard InChI is InChI=1S/C12H10N4O5/c17-9(18)3-6-1-2-7(4-13-6)15-10(19)8-5-14-12(21)16-11(8)20/h1-2,4-5H,3H2,(H,15,19)(H,17,18)(H2,14,16,20,21). The largest absolute Gasteiger partial charge is 0.481 e. The Morgan fingerprint density at radius 3 is 2.62 bits per heavy atom. The highest BCUT2D eigenvalue weighted by atomic mass is 16.4. The second-order valence-corrected chi connectivity index (χ2v) is 4.05. The van der Waals surface area contributed by atoms with Gasteiger partial charge in [-0.3, -0.25) is 24.4 Å². The van der Waals surface area contributed by atoms with Gasteiger partial charge in [-0.1, -0.05) is 0 Å². The average Bonchev–Trinajstić information content (AvgIpc) is 2.40. The Hall–Kier alpha value is -3.23. The van der Waals surface area contributed by atoms with Crippen LogP contribution in [0.15, 0.2) is 34.1 Å². The van der Waals surface area contributed by atoms with Crippen LogP contribution in [0.3, 0.4) is 0 Å². The zero-order valence-corrected chi connectivity index (χ0v) is 10.5. The number of anilines is 1. The van der Waals surface area contributed by atoms with Crippen LogP contribution in [0.5, 0.6) is 0 Å². The zero-order chi connectivity index (χ0) is 15.4. The maximum absolute atomic E-state index is 11.8. The molecule has 2 aromatic heterocycles. The van der Waals surface area contributed by atoms with Gasteiger partial charge in [0.2, 0.25) is 0 Å². The molecule has 2 rings (SSSR count). The van der Waals surface area contributed by atoms with Gasteiger partial charge < -0.3 is 15.4 Å². The predicted octanol–water partition coefficient (Wildman–Crippen LogP) is -0.662. The van der Waals surface area contributed by atoms with E-state index in [0.717, 1.165) is 6.20 Å². The fourth-order valence-electron chi connectivity index (χ4n) is 1.53. The summed E-state index contributed by atoms with van der Waals surface area (Å²) in [5, 5.41) is 11.0. The lowest BCUT2D eigenvalue weighted by atomic mass is 10.2. The first-order valence-corrected chi connectivity index (χ1v) is 5.76. The molecular weight excluding hydrogens is 280 g/mol. The smallest absolute Gasteiger partial charge is 0.325 e. The normalized spacial score (nSPS) is 10.1. The number of aromatic amines is 2. The van der Waals surface area contributed by atoms with E-state index in [4.69, 9.17) is 5.11 Å². The minimum absolute atomic E-state index is 0.228. The van der Waals surface area contributed by atoms with E-state index in [1.807, 2.05) is 4.98 Å². The minimum atomic E-state index is -1.01. The Morgan fingerprint density at radius 2 is 2.05 bits per heavy atom. The summed E-state index contributed by atoms with van der Waals surface area (Å²) < 4.78 is 0. The van der Waals surface area contributed by atoms with E-state index < -0.39 is 23.1 Å². The number of carbonyl (C=O) groups excluding carboxylic acids is 1. The van der Waals surface area contributed by atoms with Gasteiger partial charge >= 0.3 is 11.7 Å². The topological polar surface area (TPSA) is 145 Å². The molecule has 0 spiro atoms. The SMILES string of the molecule is O=C(O)Cc1ccc(NC(=O)c2c[nH]c(=O)[nH]c2=O)cn1. The Morgan fingerprint density at radius 1 is 1.29 bits per heavy atom. The second-order valence-electron chi connectivity index (χ2n) is 4.05. The van der Waals surface area contributed by atoms with Crippen LogP contribution in [-0.4, -0.2) is 31.9 Å². The molecule has 0 fully saturated rings. The van der Waals surface area contributed by atoms with Crippen molar-refractivity contribution in [3.05, 3.63) is 56.6 Å². The summed E-state index contributed by atoms with van der Waals surface area (Å²) in [7, 11) is 0. The lowest BCUT2D eigenvalue weighted by Gasteiger charge is -2.04. The van der Waals surface area contributed by atoms with Gasteiger partial charge in [-0.05, 0) is 12.1 Å². The minimum Gasteiger partial charge on any atom is -0.481 e. The average molecular weight is 290 g/mol. The number of hydrogen-bond donors (Lipinski definition) is 4. The van der Waals surface area contributed by atoms with E-state index in [1.54, 1.807) is 0 Å². The van der Waals surface area contributed by atoms with E-state index >= 15 is 0 Å². The van der Waals surface area contributed by atoms with Gasteiger partial charge in [-0.2, -0.15) is 0 Å². The van der Waals surface area contributed by atoms with E-state index in [1.165, 1.54) is 18.3 Å². The van der Waals surface area contributed by atoms with E-state index in [2.05, 4.69) is 15.3 Å². The van der Waals surface area contributed by atoms with Crippen LogP contribution in [0.25, 0.3) is 0 Å². The predicted molar refractivity (Wildman–Crippen MR) is 71.2 cm³/mol. The van der Waals surface area contributed by atoms with Crippen molar-refractivity contribution < 1.29 is 14.7 Å². The molecule has 0 aliphatic carbocycles. The quantitative estimate of drug-likeness (QED) is 0.588. The number of carbonyl (C=O) groups is 2. The Kier molecular flexibility index (Phi) is 3.93. The van der Waals surface area contributed by atoms with Crippen molar-refractivity contribution in [2.24, 2.45) is 0 Å². The highest BCUT2D eigenvalue weighted by Gasteiger charge is 2.11. The highest BCUT2D eigenvalue weighted by molar-refractivity contribution is 6.03. The van der Waals surface area contributed by atoms with Gasteiger partial charge in [0, 0.05) is 6.20 Å². The number of nitrogens with zero attached hydrogens (tertiary/aromatic N) is 1. The molecule has 21 heavy (non-hydrogen) atoms. The molecule has 0 radical (unpaired) electrons. The number of amides is 1. The van der Waals surface area contributed by atoms with Gasteiger partial charge in [0.05, 0.1) is 24.0 Å². The number of carboxylic acids is 1. The summed E-state index contributed by atoms with van der Waals surface area (Å²) in [6.07, 6.45) is 2.05. The number of pyridine rings is 1. The molecule has 4 N–H and O–H groups in total. The lowest BCUT2D eigenvalue weighted by Crippen LogP contribution is -2.29. The van der Waals surface area contributed by atoms with Crippen molar-refractivity contribution in [3.8, 4) is 0 Å². The molecule has 108 valence electrons. The van der Waals surface area contributed by atoms with Crippen LogP contribution in [0.1, 0.15) is 16.1 Å². The molecule has 1 amide bonds. The molecule has 0 unspecified atom stereocenters. The molecule has 9 nitrogen and oxygen atoms in total. The van der Waals surface area contributed by atoms with Crippen molar-refractivity contribution in [1.82, 2.24) is 15.0 Å². The van der Waals surface area contributed by atoms with Gasteiger partial charge in [0.25, 0.3) is 11.5 Å². The van der Waals surface area contributed by atoms with Crippen LogP contribution in [0, 0.1) is 0 Å². The van der Waals surface area contributed by atoms with E-state index in [0.29, 0.717) is 11.4 Å². The van der Waals surface area contributed by atoms with Crippen LogP contribution in [0.4, 0.5) is 5.69 Å². The summed E-state index contributed by atoms with van der Waals surface area (Å²) >= 11 is 0. The van der Waals surface area contributed by atoms with Crippen LogP contribution < -0.4 is 16.6 Å². The molecule has 9 heteroatoms. The number of H-pyrrole nitrogens is 2. The number of rotatable bonds is 4. The first-order chi connectivity index (χ1) is 9.95. The van der Waals surface area contributed by atoms with Crippen molar-refractivity contribution in [2.45, 2.75) is 6.42 Å². The maximum Gasteiger partial charge on any atom is 0.325 e. The summed E-state index contributed by atoms with van der Waals surface area (Å²) in [6, 6.07) is 2.91. The third-order valence-electron chi connectivity index (χ3n) is 2.48. The summed E-state index contributed by atoms with van der Waals surface area (Å²) in [5.74, 6) is -1.74. The van der Waals surface area contributed by atoms with Crippen molar-refractivity contribution in [1.29, 1.82) is 0 Å². The summed E-state index contributed by atoms with van der Waals surface area (Å²) in [6.45, 7) is 0. The zero-order valence-electron chi connectivity index (χ0n) is 10.5. The number of carboxylic acid groups (broad SMARTS) is 1. The molecule has 0 aliphatic rings. The van der Waals surface area contributed by atoms with E-state index in [9.17, 15) is 19.2 Å². The molecule has 0 aromatic carbocycles. The van der Waals surface area contributed by atoms with Gasteiger partial charge in [0.15, 0.2) is 0 Å². The van der Waals surface area contributed by atoms with Gasteiger partial charge in [-0.15, -0.1) is 0 Å². The van der Waals surface area contributed by atoms with Crippen LogP contribution in [-0.2, 0) is 11.2 Å². The fourth-order valence-corrected chi connectivity index (χ4v) is 1.53. The van der Waals surface area contributed by atoms with E-state index in [-0.39, 0.29) is 12.0 Å². The molecule has 2 heterocycles. The second kappa shape index (κ2) is 5.82. The molecule has 0 aliphatic heterocycles. The molecule has 2 aromatic rings. The summed E-state index contributed by atoms with van der Waals surface area (Å²) in [5.41, 5.74) is -1.16. The highest BCUT2D eigenvalue weighted by Crippen LogP contribution is 2.07. The number of nitrogens with one attached hydrogen (secondary N) is 3. The number of hydrogen-bond acceptors (Lipinski definition) is 5. The number of aromatic nitrogens is 3. The van der Waals surface area contributed by atoms with Crippen LogP contribution in [0.2, 0.25) is 0 Å². The fraction of sp³-hybridized carbons (Fsp3) is 0.0833. The Bertz CT molecular complexity index is 790. The molecule has 0 saturated carbocycles. The monoisotopic (exact) mass is 290 g/mol. The maximum atomic E-state index is 11.8. The Balaban J connectivity index is 2.14. The van der Waals surface area contributed by atoms with Crippen LogP contribution >= 0.6 is 0 Å². The Labute approximate surface area is 116 Å². The molecular formula is C12H10N4O5. The third-order valence-corrected chi connectivity index (χ3v) is 2.48.